The molecule has 3 rings (SSSR count). The van der Waals surface area contributed by atoms with E-state index < -0.39 is 5.25 Å². The molecule has 0 aliphatic rings. The molecule has 0 fully saturated rings. The van der Waals surface area contributed by atoms with Gasteiger partial charge in [-0.15, -0.1) is 11.8 Å². The number of hydrazone groups is 1. The summed E-state index contributed by atoms with van der Waals surface area (Å²) < 4.78 is 0. The van der Waals surface area contributed by atoms with Crippen LogP contribution in [0.1, 0.15) is 18.1 Å². The van der Waals surface area contributed by atoms with Crippen molar-refractivity contribution in [3.63, 3.8) is 0 Å². The third-order valence-corrected chi connectivity index (χ3v) is 6.05. The number of hydrogen-bond donors (Lipinski definition) is 1. The lowest BCUT2D eigenvalue weighted by Crippen LogP contribution is -2.28. The highest BCUT2D eigenvalue weighted by molar-refractivity contribution is 8.00. The minimum Gasteiger partial charge on any atom is -0.272 e. The third kappa shape index (κ3) is 5.16. The Balaban J connectivity index is 1.79. The van der Waals surface area contributed by atoms with E-state index >= 15 is 0 Å². The van der Waals surface area contributed by atoms with Gasteiger partial charge in [0.15, 0.2) is 0 Å². The highest BCUT2D eigenvalue weighted by Crippen LogP contribution is 2.36. The number of benzene rings is 3. The fourth-order valence-electron chi connectivity index (χ4n) is 2.52. The van der Waals surface area contributed by atoms with Gasteiger partial charge in [0.05, 0.1) is 21.0 Å². The number of hydrogen-bond acceptors (Lipinski definition) is 3. The average molecular weight is 429 g/mol. The third-order valence-electron chi connectivity index (χ3n) is 3.96. The number of carbonyl (C=O) groups excluding carboxylic acids is 1. The Hall–Kier alpha value is -2.27. The first kappa shape index (κ1) is 20.5. The monoisotopic (exact) mass is 428 g/mol. The van der Waals surface area contributed by atoms with Gasteiger partial charge in [-0.1, -0.05) is 89.9 Å². The van der Waals surface area contributed by atoms with E-state index in [1.807, 2.05) is 60.7 Å². The predicted molar refractivity (Wildman–Crippen MR) is 118 cm³/mol. The molecule has 0 radical (unpaired) electrons. The minimum absolute atomic E-state index is 0.231. The van der Waals surface area contributed by atoms with Gasteiger partial charge in [-0.3, -0.25) is 4.79 Å². The maximum Gasteiger partial charge on any atom is 0.253 e. The summed E-state index contributed by atoms with van der Waals surface area (Å²) in [5.74, 6) is -0.231. The number of rotatable bonds is 6. The summed E-state index contributed by atoms with van der Waals surface area (Å²) in [6, 6.07) is 24.7. The highest BCUT2D eigenvalue weighted by atomic mass is 35.5. The van der Waals surface area contributed by atoms with E-state index in [0.29, 0.717) is 20.7 Å². The molecule has 3 nitrogen and oxygen atoms in total. The molecule has 0 saturated heterocycles. The van der Waals surface area contributed by atoms with Gasteiger partial charge in [0.25, 0.3) is 5.91 Å². The number of nitrogens with zero attached hydrogens (tertiary/aromatic N) is 1. The SMILES string of the molecule is CC(Sc1c(Cl)cccc1Cl)C(=O)NN=C(c1ccccc1)c1ccccc1. The lowest BCUT2D eigenvalue weighted by Gasteiger charge is -2.13. The molecule has 6 heteroatoms. The topological polar surface area (TPSA) is 41.5 Å². The van der Waals surface area contributed by atoms with E-state index in [1.54, 1.807) is 25.1 Å². The van der Waals surface area contributed by atoms with Gasteiger partial charge in [0.2, 0.25) is 0 Å². The fraction of sp³-hybridized carbons (Fsp3) is 0.0909. The van der Waals surface area contributed by atoms with Crippen molar-refractivity contribution in [3.8, 4) is 0 Å². The van der Waals surface area contributed by atoms with Crippen molar-refractivity contribution in [2.45, 2.75) is 17.1 Å². The molecule has 0 aliphatic carbocycles. The molecule has 0 aromatic heterocycles. The standard InChI is InChI=1S/C22H18Cl2N2OS/c1-15(28-21-18(23)13-8-14-19(21)24)22(27)26-25-20(16-9-4-2-5-10-16)17-11-6-3-7-12-17/h2-15H,1H3,(H,26,27). The van der Waals surface area contributed by atoms with E-state index in [4.69, 9.17) is 23.2 Å². The van der Waals surface area contributed by atoms with Crippen LogP contribution in [0, 0.1) is 0 Å². The zero-order valence-corrected chi connectivity index (χ0v) is 17.4. The van der Waals surface area contributed by atoms with E-state index in [1.165, 1.54) is 11.8 Å². The minimum atomic E-state index is -0.422. The Labute approximate surface area is 178 Å². The molecule has 142 valence electrons. The number of nitrogens with one attached hydrogen (secondary N) is 1. The highest BCUT2D eigenvalue weighted by Gasteiger charge is 2.18. The van der Waals surface area contributed by atoms with Crippen LogP contribution in [-0.2, 0) is 4.79 Å². The Bertz CT molecular complexity index is 917. The first-order valence-corrected chi connectivity index (χ1v) is 10.3. The lowest BCUT2D eigenvalue weighted by molar-refractivity contribution is -0.120. The first-order valence-electron chi connectivity index (χ1n) is 8.65. The zero-order chi connectivity index (χ0) is 19.9. The Morgan fingerprint density at radius 2 is 1.36 bits per heavy atom. The molecule has 3 aromatic rings. The summed E-state index contributed by atoms with van der Waals surface area (Å²) in [4.78, 5) is 13.3. The summed E-state index contributed by atoms with van der Waals surface area (Å²) in [6.07, 6.45) is 0. The molecule has 0 bridgehead atoms. The smallest absolute Gasteiger partial charge is 0.253 e. The van der Waals surface area contributed by atoms with Crippen molar-refractivity contribution in [2.75, 3.05) is 0 Å². The summed E-state index contributed by atoms with van der Waals surface area (Å²) in [5, 5.41) is 5.03. The molecule has 28 heavy (non-hydrogen) atoms. The van der Waals surface area contributed by atoms with Crippen LogP contribution < -0.4 is 5.43 Å². The van der Waals surface area contributed by atoms with Gasteiger partial charge >= 0.3 is 0 Å². The van der Waals surface area contributed by atoms with Crippen LogP contribution in [0.25, 0.3) is 0 Å². The van der Waals surface area contributed by atoms with Crippen molar-refractivity contribution >= 4 is 46.6 Å². The molecule has 0 aliphatic heterocycles. The Morgan fingerprint density at radius 3 is 1.86 bits per heavy atom. The molecule has 0 heterocycles. The van der Waals surface area contributed by atoms with Crippen LogP contribution in [0.3, 0.4) is 0 Å². The Kier molecular flexibility index (Phi) is 7.15. The molecule has 0 saturated carbocycles. The van der Waals surface area contributed by atoms with Gasteiger partial charge < -0.3 is 0 Å². The number of halogens is 2. The zero-order valence-electron chi connectivity index (χ0n) is 15.1. The van der Waals surface area contributed by atoms with Crippen molar-refractivity contribution in [1.29, 1.82) is 0 Å². The van der Waals surface area contributed by atoms with E-state index in [-0.39, 0.29) is 5.91 Å². The van der Waals surface area contributed by atoms with Gasteiger partial charge in [-0.05, 0) is 19.1 Å². The second-order valence-electron chi connectivity index (χ2n) is 5.98. The molecular weight excluding hydrogens is 411 g/mol. The van der Waals surface area contributed by atoms with Crippen molar-refractivity contribution in [3.05, 3.63) is 100 Å². The van der Waals surface area contributed by atoms with Gasteiger partial charge in [-0.25, -0.2) is 5.43 Å². The largest absolute Gasteiger partial charge is 0.272 e. The first-order chi connectivity index (χ1) is 13.6. The van der Waals surface area contributed by atoms with Crippen LogP contribution >= 0.6 is 35.0 Å². The van der Waals surface area contributed by atoms with Gasteiger partial charge in [0, 0.05) is 16.0 Å². The molecule has 1 atom stereocenters. The van der Waals surface area contributed by atoms with Crippen LogP contribution in [0.15, 0.2) is 88.9 Å². The molecule has 1 N–H and O–H groups in total. The van der Waals surface area contributed by atoms with E-state index in [2.05, 4.69) is 10.5 Å². The summed E-state index contributed by atoms with van der Waals surface area (Å²) in [7, 11) is 0. The summed E-state index contributed by atoms with van der Waals surface area (Å²) >= 11 is 13.7. The fourth-order valence-corrected chi connectivity index (χ4v) is 4.05. The van der Waals surface area contributed by atoms with Gasteiger partial charge in [0.1, 0.15) is 0 Å². The lowest BCUT2D eigenvalue weighted by atomic mass is 10.0. The maximum atomic E-state index is 12.6. The van der Waals surface area contributed by atoms with E-state index in [0.717, 1.165) is 11.1 Å². The quantitative estimate of drug-likeness (QED) is 0.295. The summed E-state index contributed by atoms with van der Waals surface area (Å²) in [5.41, 5.74) is 5.22. The Morgan fingerprint density at radius 1 is 0.857 bits per heavy atom. The molecule has 0 spiro atoms. The van der Waals surface area contributed by atoms with Crippen molar-refractivity contribution < 1.29 is 4.79 Å². The van der Waals surface area contributed by atoms with Crippen LogP contribution in [-0.4, -0.2) is 16.9 Å². The van der Waals surface area contributed by atoms with Crippen LogP contribution in [0.4, 0.5) is 0 Å². The summed E-state index contributed by atoms with van der Waals surface area (Å²) in [6.45, 7) is 1.79. The van der Waals surface area contributed by atoms with E-state index in [9.17, 15) is 4.79 Å². The maximum absolute atomic E-state index is 12.6. The normalized spacial score (nSPS) is 11.5. The van der Waals surface area contributed by atoms with Crippen LogP contribution in [0.2, 0.25) is 10.0 Å². The average Bonchev–Trinajstić information content (AvgIpc) is 2.72. The van der Waals surface area contributed by atoms with Gasteiger partial charge in [-0.2, -0.15) is 5.10 Å². The number of amides is 1. The van der Waals surface area contributed by atoms with Crippen molar-refractivity contribution in [1.82, 2.24) is 5.43 Å². The molecule has 3 aromatic carbocycles. The second kappa shape index (κ2) is 9.78. The van der Waals surface area contributed by atoms with Crippen molar-refractivity contribution in [2.24, 2.45) is 5.10 Å². The number of thioether (sulfide) groups is 1. The second-order valence-corrected chi connectivity index (χ2v) is 8.14. The van der Waals surface area contributed by atoms with Crippen LogP contribution in [0.5, 0.6) is 0 Å². The molecule has 1 amide bonds. The number of carbonyl (C=O) groups is 1. The predicted octanol–water partition coefficient (Wildman–Crippen LogP) is 6.04. The molecule has 1 unspecified atom stereocenters. The molecular formula is C22H18Cl2N2OS.